The van der Waals surface area contributed by atoms with Gasteiger partial charge in [-0.05, 0) is 52.1 Å². The van der Waals surface area contributed by atoms with Crippen molar-refractivity contribution in [1.82, 2.24) is 40.4 Å². The summed E-state index contributed by atoms with van der Waals surface area (Å²) in [6, 6.07) is 0.625. The van der Waals surface area contributed by atoms with Crippen molar-refractivity contribution in [3.8, 4) is 0 Å². The Balaban J connectivity index is 0.000000180. The summed E-state index contributed by atoms with van der Waals surface area (Å²) in [5.41, 5.74) is 0. The van der Waals surface area contributed by atoms with Gasteiger partial charge in [0.2, 0.25) is 9.54 Å². The number of H-pyrrole nitrogens is 2. The summed E-state index contributed by atoms with van der Waals surface area (Å²) in [7, 11) is 0. The van der Waals surface area contributed by atoms with Crippen molar-refractivity contribution in [3.05, 3.63) is 9.54 Å². The Morgan fingerprint density at radius 1 is 0.833 bits per heavy atom. The largest absolute Gasteiger partial charge is 0.240 e. The highest BCUT2D eigenvalue weighted by Crippen LogP contribution is 1.98. The first-order chi connectivity index (χ1) is 8.43. The second-order valence-electron chi connectivity index (χ2n) is 4.09. The molecule has 100 valence electrons. The van der Waals surface area contributed by atoms with Gasteiger partial charge in [-0.1, -0.05) is 20.6 Å². The minimum absolute atomic E-state index is 0.312. The first-order valence-electron chi connectivity index (χ1n) is 5.42. The Morgan fingerprint density at radius 2 is 1.17 bits per heavy atom. The predicted molar refractivity (Wildman–Crippen MR) is 71.2 cm³/mol. The van der Waals surface area contributed by atoms with Crippen LogP contribution in [-0.4, -0.2) is 40.4 Å². The summed E-state index contributed by atoms with van der Waals surface area (Å²) in [6.07, 6.45) is 0. The van der Waals surface area contributed by atoms with E-state index in [0.717, 1.165) is 0 Å². The molecule has 0 spiro atoms. The van der Waals surface area contributed by atoms with Crippen molar-refractivity contribution in [1.29, 1.82) is 0 Å². The van der Waals surface area contributed by atoms with Crippen molar-refractivity contribution in [2.75, 3.05) is 0 Å². The number of aromatic amines is 2. The molecule has 0 unspecified atom stereocenters. The Hall–Kier alpha value is -1.42. The number of aromatic nitrogens is 8. The number of hydrogen-bond donors (Lipinski definition) is 2. The Kier molecular flexibility index (Phi) is 5.28. The van der Waals surface area contributed by atoms with Crippen LogP contribution >= 0.6 is 24.4 Å². The highest BCUT2D eigenvalue weighted by Gasteiger charge is 1.98. The van der Waals surface area contributed by atoms with Gasteiger partial charge in [-0.15, -0.1) is 0 Å². The Bertz CT molecular complexity index is 522. The summed E-state index contributed by atoms with van der Waals surface area (Å²) in [5, 5.41) is 19.6. The molecule has 0 radical (unpaired) electrons. The van der Waals surface area contributed by atoms with Gasteiger partial charge < -0.3 is 0 Å². The van der Waals surface area contributed by atoms with Gasteiger partial charge in [0.1, 0.15) is 0 Å². The minimum atomic E-state index is 0.312. The van der Waals surface area contributed by atoms with Crippen LogP contribution in [0.15, 0.2) is 0 Å². The van der Waals surface area contributed by atoms with Crippen LogP contribution in [-0.2, 0) is 0 Å². The zero-order valence-corrected chi connectivity index (χ0v) is 12.3. The number of nitrogens with one attached hydrogen (secondary N) is 2. The van der Waals surface area contributed by atoms with E-state index in [1.165, 1.54) is 0 Å². The van der Waals surface area contributed by atoms with E-state index in [1.54, 1.807) is 9.36 Å². The maximum absolute atomic E-state index is 4.82. The van der Waals surface area contributed by atoms with E-state index in [4.69, 9.17) is 24.4 Å². The molecule has 0 fully saturated rings. The fraction of sp³-hybridized carbons (Fsp3) is 0.750. The predicted octanol–water partition coefficient (Wildman–Crippen LogP) is 1.83. The molecular weight excluding hydrogens is 272 g/mol. The normalized spacial score (nSPS) is 10.6. The molecule has 2 aromatic rings. The molecule has 2 N–H and O–H groups in total. The van der Waals surface area contributed by atoms with Gasteiger partial charge in [0.05, 0.1) is 0 Å². The molecular formula is C8H16N8S2. The lowest BCUT2D eigenvalue weighted by Crippen LogP contribution is -2.02. The fourth-order valence-corrected chi connectivity index (χ4v) is 1.67. The zero-order chi connectivity index (χ0) is 13.7. The average Bonchev–Trinajstić information content (AvgIpc) is 2.87. The van der Waals surface area contributed by atoms with Crippen molar-refractivity contribution < 1.29 is 0 Å². The maximum Gasteiger partial charge on any atom is 0.238 e. The summed E-state index contributed by atoms with van der Waals surface area (Å²) in [6.45, 7) is 8.04. The number of nitrogens with zero attached hydrogens (tertiary/aromatic N) is 6. The molecule has 0 aliphatic heterocycles. The molecule has 0 atom stereocenters. The third-order valence-electron chi connectivity index (χ3n) is 2.02. The molecule has 0 aromatic carbocycles. The second kappa shape index (κ2) is 6.50. The molecule has 10 heteroatoms. The topological polar surface area (TPSA) is 93.0 Å². The molecule has 18 heavy (non-hydrogen) atoms. The zero-order valence-electron chi connectivity index (χ0n) is 10.7. The summed E-state index contributed by atoms with van der Waals surface area (Å²) in [4.78, 5) is 0. The van der Waals surface area contributed by atoms with Gasteiger partial charge in [-0.2, -0.15) is 10.4 Å². The van der Waals surface area contributed by atoms with Crippen LogP contribution in [0.2, 0.25) is 0 Å². The third-order valence-corrected chi connectivity index (χ3v) is 2.58. The van der Waals surface area contributed by atoms with Gasteiger partial charge in [-0.3, -0.25) is 0 Å². The number of rotatable bonds is 2. The molecule has 0 aliphatic carbocycles. The highest BCUT2D eigenvalue weighted by molar-refractivity contribution is 7.71. The van der Waals surface area contributed by atoms with Gasteiger partial charge in [0.15, 0.2) is 0 Å². The second-order valence-corrected chi connectivity index (χ2v) is 4.82. The van der Waals surface area contributed by atoms with Crippen molar-refractivity contribution in [2.24, 2.45) is 0 Å². The first-order valence-corrected chi connectivity index (χ1v) is 6.24. The summed E-state index contributed by atoms with van der Waals surface area (Å²) in [5.74, 6) is 0. The standard InChI is InChI=1S/2C4H8N4S/c2*1-3(2)8-4(9)5-6-7-8/h2*3H,1-2H3,(H,5,7,9). The van der Waals surface area contributed by atoms with Gasteiger partial charge in [-0.25, -0.2) is 9.36 Å². The van der Waals surface area contributed by atoms with Crippen molar-refractivity contribution in [3.63, 3.8) is 0 Å². The number of hydrogen-bond acceptors (Lipinski definition) is 6. The molecule has 2 heterocycles. The summed E-state index contributed by atoms with van der Waals surface area (Å²) < 4.78 is 4.44. The molecule has 2 aromatic heterocycles. The van der Waals surface area contributed by atoms with E-state index in [1.807, 2.05) is 27.7 Å². The van der Waals surface area contributed by atoms with E-state index in [-0.39, 0.29) is 0 Å². The lowest BCUT2D eigenvalue weighted by molar-refractivity contribution is 0.508. The lowest BCUT2D eigenvalue weighted by Gasteiger charge is -2.01. The van der Waals surface area contributed by atoms with Crippen LogP contribution in [0, 0.1) is 9.54 Å². The maximum atomic E-state index is 4.82. The SMILES string of the molecule is CC(C)n1[nH]nnc1=S.CC(C)n1[nH]nnc1=S. The smallest absolute Gasteiger partial charge is 0.238 e. The Labute approximate surface area is 114 Å². The van der Waals surface area contributed by atoms with E-state index >= 15 is 0 Å². The molecule has 2 rings (SSSR count). The molecule has 0 amide bonds. The minimum Gasteiger partial charge on any atom is -0.240 e. The van der Waals surface area contributed by atoms with E-state index in [2.05, 4.69) is 31.1 Å². The Morgan fingerprint density at radius 3 is 1.28 bits per heavy atom. The van der Waals surface area contributed by atoms with Crippen molar-refractivity contribution in [2.45, 2.75) is 39.8 Å². The van der Waals surface area contributed by atoms with Crippen LogP contribution in [0.1, 0.15) is 39.8 Å². The summed E-state index contributed by atoms with van der Waals surface area (Å²) >= 11 is 9.64. The number of tetrazole rings is 2. The van der Waals surface area contributed by atoms with Crippen LogP contribution in [0.4, 0.5) is 0 Å². The van der Waals surface area contributed by atoms with E-state index < -0.39 is 0 Å². The van der Waals surface area contributed by atoms with E-state index in [0.29, 0.717) is 21.6 Å². The average molecular weight is 288 g/mol. The fourth-order valence-electron chi connectivity index (χ4n) is 1.08. The molecule has 0 saturated carbocycles. The van der Waals surface area contributed by atoms with Gasteiger partial charge in [0.25, 0.3) is 0 Å². The van der Waals surface area contributed by atoms with Crippen LogP contribution in [0.3, 0.4) is 0 Å². The first kappa shape index (κ1) is 14.6. The van der Waals surface area contributed by atoms with Crippen molar-refractivity contribution >= 4 is 24.4 Å². The monoisotopic (exact) mass is 288 g/mol. The van der Waals surface area contributed by atoms with Gasteiger partial charge in [0, 0.05) is 12.1 Å². The van der Waals surface area contributed by atoms with Crippen LogP contribution < -0.4 is 0 Å². The molecule has 8 nitrogen and oxygen atoms in total. The quantitative estimate of drug-likeness (QED) is 0.819. The molecule has 0 aliphatic rings. The highest BCUT2D eigenvalue weighted by atomic mass is 32.1. The molecule has 0 saturated heterocycles. The van der Waals surface area contributed by atoms with Crippen LogP contribution in [0.5, 0.6) is 0 Å². The van der Waals surface area contributed by atoms with E-state index in [9.17, 15) is 0 Å². The van der Waals surface area contributed by atoms with Gasteiger partial charge >= 0.3 is 0 Å². The van der Waals surface area contributed by atoms with Crippen LogP contribution in [0.25, 0.3) is 0 Å². The third kappa shape index (κ3) is 3.81. The lowest BCUT2D eigenvalue weighted by atomic mass is 10.4. The molecule has 0 bridgehead atoms.